The van der Waals surface area contributed by atoms with Gasteiger partial charge in [0.25, 0.3) is 0 Å². The lowest BCUT2D eigenvalue weighted by Crippen LogP contribution is -2.19. The topological polar surface area (TPSA) is 47.9 Å². The first-order valence-electron chi connectivity index (χ1n) is 8.66. The van der Waals surface area contributed by atoms with Crippen molar-refractivity contribution < 1.29 is 19.3 Å². The molecule has 2 aromatic carbocycles. The molecule has 1 N–H and O–H groups in total. The van der Waals surface area contributed by atoms with Crippen molar-refractivity contribution in [2.75, 3.05) is 7.11 Å². The molecule has 4 heteroatoms. The Morgan fingerprint density at radius 1 is 1.12 bits per heavy atom. The molecule has 4 rings (SSSR count). The van der Waals surface area contributed by atoms with E-state index < -0.39 is 0 Å². The van der Waals surface area contributed by atoms with Gasteiger partial charge in [-0.15, -0.1) is 0 Å². The fourth-order valence-corrected chi connectivity index (χ4v) is 3.48. The summed E-state index contributed by atoms with van der Waals surface area (Å²) in [6, 6.07) is 9.50. The molecular weight excluding hydrogens is 328 g/mol. The summed E-state index contributed by atoms with van der Waals surface area (Å²) in [5, 5.41) is 10.3. The quantitative estimate of drug-likeness (QED) is 0.766. The van der Waals surface area contributed by atoms with Crippen LogP contribution in [0, 0.1) is 0 Å². The molecule has 1 heterocycles. The van der Waals surface area contributed by atoms with Crippen molar-refractivity contribution in [2.45, 2.75) is 32.0 Å². The molecule has 0 bridgehead atoms. The van der Waals surface area contributed by atoms with Gasteiger partial charge in [-0.3, -0.25) is 0 Å². The average molecular weight is 350 g/mol. The zero-order chi connectivity index (χ0) is 18.5. The molecule has 1 saturated carbocycles. The molecule has 0 aromatic heterocycles. The van der Waals surface area contributed by atoms with Gasteiger partial charge in [-0.25, -0.2) is 0 Å². The number of benzene rings is 2. The molecule has 0 radical (unpaired) electrons. The highest BCUT2D eigenvalue weighted by Crippen LogP contribution is 2.53. The number of hydrogen-bond acceptors (Lipinski definition) is 4. The van der Waals surface area contributed by atoms with Crippen LogP contribution < -0.4 is 9.47 Å². The van der Waals surface area contributed by atoms with Gasteiger partial charge in [0.1, 0.15) is 18.0 Å². The number of ether oxygens (including phenoxy) is 3. The maximum atomic E-state index is 10.3. The van der Waals surface area contributed by atoms with E-state index in [1.54, 1.807) is 6.07 Å². The standard InChI is InChI=1S/C22H22O4/c1-13(2)22(10-11-22)26-20-17(8-9-19(23)21(20)24-4)16-7-5-6-15-14(3)25-12-18(15)16/h5-9,23H,1,3,10-12H2,2,4H3. The van der Waals surface area contributed by atoms with Crippen LogP contribution in [-0.4, -0.2) is 17.8 Å². The third-order valence-corrected chi connectivity index (χ3v) is 5.23. The first-order chi connectivity index (χ1) is 12.5. The molecule has 1 aliphatic carbocycles. The maximum Gasteiger partial charge on any atom is 0.203 e. The van der Waals surface area contributed by atoms with Gasteiger partial charge in [0.2, 0.25) is 5.75 Å². The van der Waals surface area contributed by atoms with Crippen LogP contribution in [0.25, 0.3) is 16.9 Å². The van der Waals surface area contributed by atoms with Crippen molar-refractivity contribution in [3.63, 3.8) is 0 Å². The number of phenols is 1. The van der Waals surface area contributed by atoms with E-state index in [4.69, 9.17) is 14.2 Å². The van der Waals surface area contributed by atoms with Gasteiger partial charge >= 0.3 is 0 Å². The highest BCUT2D eigenvalue weighted by molar-refractivity contribution is 5.82. The molecule has 1 aliphatic heterocycles. The van der Waals surface area contributed by atoms with Crippen LogP contribution in [0.3, 0.4) is 0 Å². The number of methoxy groups -OCH3 is 1. The van der Waals surface area contributed by atoms with Gasteiger partial charge in [-0.1, -0.05) is 31.4 Å². The Morgan fingerprint density at radius 2 is 1.85 bits per heavy atom. The monoisotopic (exact) mass is 350 g/mol. The van der Waals surface area contributed by atoms with Gasteiger partial charge < -0.3 is 19.3 Å². The Hall–Kier alpha value is -2.88. The third-order valence-electron chi connectivity index (χ3n) is 5.23. The number of hydrogen-bond donors (Lipinski definition) is 1. The van der Waals surface area contributed by atoms with E-state index in [0.717, 1.165) is 40.7 Å². The normalized spacial score (nSPS) is 16.6. The molecule has 2 aromatic rings. The zero-order valence-electron chi connectivity index (χ0n) is 15.1. The molecule has 0 atom stereocenters. The molecule has 1 fully saturated rings. The van der Waals surface area contributed by atoms with Crippen molar-refractivity contribution >= 4 is 5.76 Å². The van der Waals surface area contributed by atoms with Gasteiger partial charge in [0.05, 0.1) is 7.11 Å². The Bertz CT molecular complexity index is 922. The third kappa shape index (κ3) is 2.45. The van der Waals surface area contributed by atoms with Crippen LogP contribution in [0.4, 0.5) is 0 Å². The summed E-state index contributed by atoms with van der Waals surface area (Å²) in [4.78, 5) is 0. The Labute approximate surface area is 153 Å². The summed E-state index contributed by atoms with van der Waals surface area (Å²) < 4.78 is 17.5. The predicted molar refractivity (Wildman–Crippen MR) is 101 cm³/mol. The maximum absolute atomic E-state index is 10.3. The molecule has 4 nitrogen and oxygen atoms in total. The van der Waals surface area contributed by atoms with E-state index in [0.29, 0.717) is 23.9 Å². The molecule has 0 saturated heterocycles. The van der Waals surface area contributed by atoms with E-state index in [9.17, 15) is 5.11 Å². The average Bonchev–Trinajstić information content (AvgIpc) is 3.32. The van der Waals surface area contributed by atoms with Crippen LogP contribution in [0.5, 0.6) is 17.2 Å². The van der Waals surface area contributed by atoms with Crippen molar-refractivity contribution in [3.8, 4) is 28.4 Å². The van der Waals surface area contributed by atoms with Crippen LogP contribution in [0.15, 0.2) is 49.1 Å². The second-order valence-electron chi connectivity index (χ2n) is 6.91. The SMILES string of the molecule is C=C1OCc2c1cccc2-c1ccc(O)c(OC)c1OC1(C(=C)C)CC1. The van der Waals surface area contributed by atoms with Gasteiger partial charge in [-0.2, -0.15) is 0 Å². The Morgan fingerprint density at radius 3 is 2.50 bits per heavy atom. The summed E-state index contributed by atoms with van der Waals surface area (Å²) in [5.74, 6) is 1.61. The first kappa shape index (κ1) is 16.6. The number of rotatable bonds is 5. The summed E-state index contributed by atoms with van der Waals surface area (Å²) in [7, 11) is 1.53. The minimum absolute atomic E-state index is 0.0528. The summed E-state index contributed by atoms with van der Waals surface area (Å²) in [6.45, 7) is 10.5. The lowest BCUT2D eigenvalue weighted by molar-refractivity contribution is 0.206. The first-order valence-corrected chi connectivity index (χ1v) is 8.66. The van der Waals surface area contributed by atoms with Crippen molar-refractivity contribution in [2.24, 2.45) is 0 Å². The van der Waals surface area contributed by atoms with E-state index in [-0.39, 0.29) is 11.4 Å². The predicted octanol–water partition coefficient (Wildman–Crippen LogP) is 5.06. The van der Waals surface area contributed by atoms with E-state index >= 15 is 0 Å². The van der Waals surface area contributed by atoms with Crippen LogP contribution in [-0.2, 0) is 11.3 Å². The molecule has 134 valence electrons. The highest BCUT2D eigenvalue weighted by atomic mass is 16.5. The Balaban J connectivity index is 1.90. The zero-order valence-corrected chi connectivity index (χ0v) is 15.1. The molecule has 0 amide bonds. The molecule has 0 unspecified atom stereocenters. The minimum Gasteiger partial charge on any atom is -0.504 e. The minimum atomic E-state index is -0.381. The van der Waals surface area contributed by atoms with Gasteiger partial charge in [0.15, 0.2) is 11.5 Å². The summed E-state index contributed by atoms with van der Waals surface area (Å²) >= 11 is 0. The van der Waals surface area contributed by atoms with Crippen molar-refractivity contribution in [3.05, 3.63) is 60.2 Å². The van der Waals surface area contributed by atoms with Crippen molar-refractivity contribution in [1.82, 2.24) is 0 Å². The molecule has 26 heavy (non-hydrogen) atoms. The number of aromatic hydroxyl groups is 1. The second-order valence-corrected chi connectivity index (χ2v) is 6.91. The highest BCUT2D eigenvalue weighted by Gasteiger charge is 2.47. The van der Waals surface area contributed by atoms with E-state index in [1.807, 2.05) is 31.2 Å². The summed E-state index contributed by atoms with van der Waals surface area (Å²) in [5.41, 5.74) is 4.52. The molecule has 0 spiro atoms. The second kappa shape index (κ2) is 5.84. The van der Waals surface area contributed by atoms with E-state index in [1.165, 1.54) is 7.11 Å². The molecule has 2 aliphatic rings. The van der Waals surface area contributed by atoms with Gasteiger partial charge in [0, 0.05) is 16.7 Å². The lowest BCUT2D eigenvalue weighted by Gasteiger charge is -2.23. The van der Waals surface area contributed by atoms with Crippen molar-refractivity contribution in [1.29, 1.82) is 0 Å². The number of fused-ring (bicyclic) bond motifs is 1. The lowest BCUT2D eigenvalue weighted by atomic mass is 9.95. The fourth-order valence-electron chi connectivity index (χ4n) is 3.48. The Kier molecular flexibility index (Phi) is 3.72. The smallest absolute Gasteiger partial charge is 0.203 e. The largest absolute Gasteiger partial charge is 0.504 e. The van der Waals surface area contributed by atoms with E-state index in [2.05, 4.69) is 13.2 Å². The molecular formula is C22H22O4. The summed E-state index contributed by atoms with van der Waals surface area (Å²) in [6.07, 6.45) is 1.82. The van der Waals surface area contributed by atoms with Gasteiger partial charge in [-0.05, 0) is 43.0 Å². The van der Waals surface area contributed by atoms with Crippen LogP contribution >= 0.6 is 0 Å². The van der Waals surface area contributed by atoms with Crippen LogP contribution in [0.2, 0.25) is 0 Å². The van der Waals surface area contributed by atoms with Crippen LogP contribution in [0.1, 0.15) is 30.9 Å². The fraction of sp³-hybridized carbons (Fsp3) is 0.273. The number of phenolic OH excluding ortho intramolecular Hbond substituents is 1.